The fourth-order valence-electron chi connectivity index (χ4n) is 1.98. The van der Waals surface area contributed by atoms with E-state index < -0.39 is 0 Å². The van der Waals surface area contributed by atoms with Crippen molar-refractivity contribution in [3.05, 3.63) is 41.2 Å². The highest BCUT2D eigenvalue weighted by Crippen LogP contribution is 2.24. The molecule has 0 spiro atoms. The van der Waals surface area contributed by atoms with Crippen LogP contribution in [-0.4, -0.2) is 23.1 Å². The molecule has 0 aliphatic heterocycles. The Hall–Kier alpha value is -1.46. The maximum atomic E-state index is 5.04. The van der Waals surface area contributed by atoms with Gasteiger partial charge in [-0.05, 0) is 18.9 Å². The number of anilines is 1. The van der Waals surface area contributed by atoms with Crippen molar-refractivity contribution in [2.24, 2.45) is 0 Å². The normalized spacial score (nSPS) is 12.3. The standard InChI is InChI=1S/C15H21N3OS/c1-4-13(12-7-5-11(2)6-8-12)16-15-17-14(18-20-15)9-10-19-3/h5-8,13H,4,9-10H2,1-3H3,(H,16,17,18). The molecule has 108 valence electrons. The monoisotopic (exact) mass is 291 g/mol. The van der Waals surface area contributed by atoms with Crippen LogP contribution in [-0.2, 0) is 11.2 Å². The van der Waals surface area contributed by atoms with Crippen molar-refractivity contribution < 1.29 is 4.74 Å². The quantitative estimate of drug-likeness (QED) is 0.846. The summed E-state index contributed by atoms with van der Waals surface area (Å²) in [6.07, 6.45) is 1.77. The van der Waals surface area contributed by atoms with Gasteiger partial charge in [0.2, 0.25) is 5.13 Å². The van der Waals surface area contributed by atoms with Crippen LogP contribution >= 0.6 is 11.5 Å². The van der Waals surface area contributed by atoms with E-state index >= 15 is 0 Å². The second kappa shape index (κ2) is 7.36. The molecule has 4 nitrogen and oxygen atoms in total. The molecule has 0 saturated heterocycles. The van der Waals surface area contributed by atoms with Crippen LogP contribution in [0.3, 0.4) is 0 Å². The molecule has 0 saturated carbocycles. The molecule has 0 aliphatic carbocycles. The van der Waals surface area contributed by atoms with Gasteiger partial charge in [0.05, 0.1) is 12.6 Å². The highest BCUT2D eigenvalue weighted by Gasteiger charge is 2.12. The van der Waals surface area contributed by atoms with Crippen LogP contribution in [0, 0.1) is 6.92 Å². The topological polar surface area (TPSA) is 47.0 Å². The average molecular weight is 291 g/mol. The summed E-state index contributed by atoms with van der Waals surface area (Å²) in [4.78, 5) is 4.49. The number of benzene rings is 1. The minimum absolute atomic E-state index is 0.277. The average Bonchev–Trinajstić information content (AvgIpc) is 2.91. The van der Waals surface area contributed by atoms with E-state index in [4.69, 9.17) is 4.74 Å². The van der Waals surface area contributed by atoms with Crippen LogP contribution in [0.2, 0.25) is 0 Å². The molecule has 2 aromatic rings. The Labute approximate surface area is 124 Å². The molecule has 0 fully saturated rings. The third-order valence-electron chi connectivity index (χ3n) is 3.18. The van der Waals surface area contributed by atoms with Gasteiger partial charge in [-0.3, -0.25) is 0 Å². The Morgan fingerprint density at radius 2 is 2.05 bits per heavy atom. The third kappa shape index (κ3) is 4.02. The van der Waals surface area contributed by atoms with Gasteiger partial charge < -0.3 is 10.1 Å². The summed E-state index contributed by atoms with van der Waals surface area (Å²) in [6.45, 7) is 4.93. The molecule has 0 bridgehead atoms. The Bertz CT molecular complexity index is 524. The van der Waals surface area contributed by atoms with Gasteiger partial charge in [0.25, 0.3) is 0 Å². The zero-order valence-corrected chi connectivity index (χ0v) is 13.0. The predicted molar refractivity (Wildman–Crippen MR) is 83.3 cm³/mol. The first kappa shape index (κ1) is 14.9. The van der Waals surface area contributed by atoms with Crippen molar-refractivity contribution in [1.82, 2.24) is 9.36 Å². The molecule has 5 heteroatoms. The summed E-state index contributed by atoms with van der Waals surface area (Å²) >= 11 is 1.41. The number of nitrogens with one attached hydrogen (secondary N) is 1. The zero-order chi connectivity index (χ0) is 14.4. The highest BCUT2D eigenvalue weighted by molar-refractivity contribution is 7.09. The van der Waals surface area contributed by atoms with Crippen molar-refractivity contribution in [3.63, 3.8) is 0 Å². The maximum absolute atomic E-state index is 5.04. The molecular weight excluding hydrogens is 270 g/mol. The lowest BCUT2D eigenvalue weighted by Gasteiger charge is -2.16. The summed E-state index contributed by atoms with van der Waals surface area (Å²) in [5.74, 6) is 0.845. The van der Waals surface area contributed by atoms with E-state index in [1.54, 1.807) is 7.11 Å². The van der Waals surface area contributed by atoms with Gasteiger partial charge in [-0.25, -0.2) is 4.98 Å². The number of ether oxygens (including phenoxy) is 1. The molecule has 1 aromatic heterocycles. The van der Waals surface area contributed by atoms with Crippen LogP contribution in [0.1, 0.15) is 36.3 Å². The van der Waals surface area contributed by atoms with E-state index in [-0.39, 0.29) is 6.04 Å². The number of aryl methyl sites for hydroxylation is 1. The molecule has 1 atom stereocenters. The number of aromatic nitrogens is 2. The molecule has 1 N–H and O–H groups in total. The maximum Gasteiger partial charge on any atom is 0.203 e. The lowest BCUT2D eigenvalue weighted by molar-refractivity contribution is 0.201. The van der Waals surface area contributed by atoms with E-state index in [9.17, 15) is 0 Å². The SMILES string of the molecule is CCC(Nc1nc(CCOC)ns1)c1ccc(C)cc1. The zero-order valence-electron chi connectivity index (χ0n) is 12.2. The van der Waals surface area contributed by atoms with Crippen molar-refractivity contribution in [2.75, 3.05) is 19.0 Å². The predicted octanol–water partition coefficient (Wildman–Crippen LogP) is 3.60. The number of rotatable bonds is 7. The Morgan fingerprint density at radius 3 is 2.70 bits per heavy atom. The van der Waals surface area contributed by atoms with Gasteiger partial charge in [-0.1, -0.05) is 36.8 Å². The van der Waals surface area contributed by atoms with E-state index in [1.807, 2.05) is 0 Å². The van der Waals surface area contributed by atoms with E-state index in [2.05, 4.69) is 52.8 Å². The first-order valence-corrected chi connectivity index (χ1v) is 7.65. The summed E-state index contributed by atoms with van der Waals surface area (Å²) in [5.41, 5.74) is 2.56. The van der Waals surface area contributed by atoms with Gasteiger partial charge in [-0.15, -0.1) is 0 Å². The van der Waals surface area contributed by atoms with Crippen LogP contribution in [0.4, 0.5) is 5.13 Å². The van der Waals surface area contributed by atoms with E-state index in [0.29, 0.717) is 6.61 Å². The number of methoxy groups -OCH3 is 1. The molecule has 2 rings (SSSR count). The molecule has 0 aliphatic rings. The largest absolute Gasteiger partial charge is 0.384 e. The van der Waals surface area contributed by atoms with Crippen molar-refractivity contribution in [1.29, 1.82) is 0 Å². The lowest BCUT2D eigenvalue weighted by Crippen LogP contribution is -2.09. The van der Waals surface area contributed by atoms with Gasteiger partial charge in [0.1, 0.15) is 5.82 Å². The van der Waals surface area contributed by atoms with Crippen molar-refractivity contribution in [3.8, 4) is 0 Å². The fraction of sp³-hybridized carbons (Fsp3) is 0.467. The lowest BCUT2D eigenvalue weighted by atomic mass is 10.0. The van der Waals surface area contributed by atoms with Crippen LogP contribution < -0.4 is 5.32 Å². The van der Waals surface area contributed by atoms with Crippen molar-refractivity contribution in [2.45, 2.75) is 32.7 Å². The minimum Gasteiger partial charge on any atom is -0.384 e. The van der Waals surface area contributed by atoms with Crippen LogP contribution in [0.5, 0.6) is 0 Å². The first-order valence-electron chi connectivity index (χ1n) is 6.87. The van der Waals surface area contributed by atoms with Gasteiger partial charge in [-0.2, -0.15) is 4.37 Å². The Balaban J connectivity index is 2.02. The van der Waals surface area contributed by atoms with E-state index in [0.717, 1.165) is 23.8 Å². The third-order valence-corrected chi connectivity index (χ3v) is 3.87. The first-order chi connectivity index (χ1) is 9.72. The fourth-order valence-corrected chi connectivity index (χ4v) is 2.64. The number of nitrogens with zero attached hydrogens (tertiary/aromatic N) is 2. The van der Waals surface area contributed by atoms with Gasteiger partial charge in [0.15, 0.2) is 0 Å². The van der Waals surface area contributed by atoms with Crippen molar-refractivity contribution >= 4 is 16.7 Å². The highest BCUT2D eigenvalue weighted by atomic mass is 32.1. The second-order valence-electron chi connectivity index (χ2n) is 4.77. The summed E-state index contributed by atoms with van der Waals surface area (Å²) in [6, 6.07) is 8.90. The molecule has 1 unspecified atom stereocenters. The summed E-state index contributed by atoms with van der Waals surface area (Å²) < 4.78 is 9.38. The van der Waals surface area contributed by atoms with E-state index in [1.165, 1.54) is 22.7 Å². The van der Waals surface area contributed by atoms with Gasteiger partial charge in [0, 0.05) is 25.1 Å². The Kier molecular flexibility index (Phi) is 5.49. The summed E-state index contributed by atoms with van der Waals surface area (Å²) in [5, 5.41) is 4.34. The summed E-state index contributed by atoms with van der Waals surface area (Å²) in [7, 11) is 1.69. The second-order valence-corrected chi connectivity index (χ2v) is 5.53. The number of hydrogen-bond donors (Lipinski definition) is 1. The van der Waals surface area contributed by atoms with Crippen LogP contribution in [0.15, 0.2) is 24.3 Å². The number of hydrogen-bond acceptors (Lipinski definition) is 5. The minimum atomic E-state index is 0.277. The Morgan fingerprint density at radius 1 is 1.30 bits per heavy atom. The molecule has 1 aromatic carbocycles. The molecule has 1 heterocycles. The molecular formula is C15H21N3OS. The smallest absolute Gasteiger partial charge is 0.203 e. The van der Waals surface area contributed by atoms with Crippen LogP contribution in [0.25, 0.3) is 0 Å². The molecule has 20 heavy (non-hydrogen) atoms. The molecule has 0 radical (unpaired) electrons. The molecule has 0 amide bonds. The van der Waals surface area contributed by atoms with Gasteiger partial charge >= 0.3 is 0 Å².